The average Bonchev–Trinajstić information content (AvgIpc) is 2.18. The molecule has 18 heavy (non-hydrogen) atoms. The van der Waals surface area contributed by atoms with Crippen LogP contribution in [-0.4, -0.2) is 46.1 Å². The second-order valence-electron chi connectivity index (χ2n) is 8.17. The lowest BCUT2D eigenvalue weighted by Crippen LogP contribution is -2.65. The zero-order valence-corrected chi connectivity index (χ0v) is 13.5. The maximum absolute atomic E-state index is 2.69. The molecule has 106 valence electrons. The molecule has 2 rings (SSSR count). The minimum atomic E-state index is 0.337. The Hall–Kier alpha value is -0.0800. The minimum absolute atomic E-state index is 0.337. The standard InChI is InChI=1S/C16H32N2/c1-12-8-9-17(12)16(6,7)10-14-11-18(13(14)2)15(3,4)5/h12-14H,8-11H2,1-7H3/t12-,13?,14?/m0/s1. The van der Waals surface area contributed by atoms with Gasteiger partial charge < -0.3 is 0 Å². The normalized spacial score (nSPS) is 35.2. The van der Waals surface area contributed by atoms with Crippen LogP contribution < -0.4 is 0 Å². The van der Waals surface area contributed by atoms with Crippen LogP contribution in [0.2, 0.25) is 0 Å². The van der Waals surface area contributed by atoms with Gasteiger partial charge in [-0.15, -0.1) is 0 Å². The van der Waals surface area contributed by atoms with Gasteiger partial charge in [0.25, 0.3) is 0 Å². The zero-order chi connectivity index (χ0) is 13.7. The zero-order valence-electron chi connectivity index (χ0n) is 13.5. The van der Waals surface area contributed by atoms with E-state index in [1.165, 1.54) is 25.9 Å². The van der Waals surface area contributed by atoms with Gasteiger partial charge >= 0.3 is 0 Å². The lowest BCUT2D eigenvalue weighted by molar-refractivity contribution is -0.0837. The van der Waals surface area contributed by atoms with Crippen LogP contribution in [0.5, 0.6) is 0 Å². The van der Waals surface area contributed by atoms with Crippen molar-refractivity contribution in [2.75, 3.05) is 13.1 Å². The Labute approximate surface area is 114 Å². The minimum Gasteiger partial charge on any atom is -0.295 e. The molecule has 2 heterocycles. The highest BCUT2D eigenvalue weighted by atomic mass is 15.3. The Bertz CT molecular complexity index is 303. The highest BCUT2D eigenvalue weighted by Gasteiger charge is 2.46. The van der Waals surface area contributed by atoms with Gasteiger partial charge in [0.05, 0.1) is 0 Å². The monoisotopic (exact) mass is 252 g/mol. The molecule has 2 nitrogen and oxygen atoms in total. The maximum Gasteiger partial charge on any atom is 0.0159 e. The Kier molecular flexibility index (Phi) is 3.57. The number of likely N-dealkylation sites (tertiary alicyclic amines) is 2. The molecule has 0 N–H and O–H groups in total. The van der Waals surface area contributed by atoms with Gasteiger partial charge in [-0.05, 0) is 67.2 Å². The Balaban J connectivity index is 1.88. The predicted molar refractivity (Wildman–Crippen MR) is 78.9 cm³/mol. The summed E-state index contributed by atoms with van der Waals surface area (Å²) in [6.07, 6.45) is 2.74. The highest BCUT2D eigenvalue weighted by molar-refractivity contribution is 5.01. The molecular weight excluding hydrogens is 220 g/mol. The SMILES string of the molecule is CC1C(CC(C)(C)N2CC[C@@H]2C)CN1C(C)(C)C. The average molecular weight is 252 g/mol. The molecule has 0 bridgehead atoms. The highest BCUT2D eigenvalue weighted by Crippen LogP contribution is 2.40. The first-order valence-electron chi connectivity index (χ1n) is 7.66. The van der Waals surface area contributed by atoms with Gasteiger partial charge in [-0.25, -0.2) is 0 Å². The van der Waals surface area contributed by atoms with E-state index in [1.54, 1.807) is 0 Å². The summed E-state index contributed by atoms with van der Waals surface area (Å²) in [6.45, 7) is 19.3. The lowest BCUT2D eigenvalue weighted by Gasteiger charge is -2.58. The first kappa shape index (κ1) is 14.3. The van der Waals surface area contributed by atoms with Gasteiger partial charge in [0.15, 0.2) is 0 Å². The van der Waals surface area contributed by atoms with Gasteiger partial charge in [0.2, 0.25) is 0 Å². The van der Waals surface area contributed by atoms with Gasteiger partial charge in [0, 0.05) is 36.3 Å². The molecule has 0 aromatic heterocycles. The summed E-state index contributed by atoms with van der Waals surface area (Å²) < 4.78 is 0. The molecule has 0 aliphatic carbocycles. The third-order valence-electron chi connectivity index (χ3n) is 5.33. The molecule has 2 fully saturated rings. The van der Waals surface area contributed by atoms with E-state index in [0.29, 0.717) is 11.1 Å². The van der Waals surface area contributed by atoms with Crippen LogP contribution in [0, 0.1) is 5.92 Å². The van der Waals surface area contributed by atoms with Gasteiger partial charge in [-0.2, -0.15) is 0 Å². The van der Waals surface area contributed by atoms with E-state index in [1.807, 2.05) is 0 Å². The summed E-state index contributed by atoms with van der Waals surface area (Å²) >= 11 is 0. The maximum atomic E-state index is 2.69. The fraction of sp³-hybridized carbons (Fsp3) is 1.00. The fourth-order valence-electron chi connectivity index (χ4n) is 3.98. The second kappa shape index (κ2) is 4.49. The van der Waals surface area contributed by atoms with Gasteiger partial charge in [0.1, 0.15) is 0 Å². The third kappa shape index (κ3) is 2.46. The van der Waals surface area contributed by atoms with Crippen LogP contribution >= 0.6 is 0 Å². The molecule has 2 saturated heterocycles. The van der Waals surface area contributed by atoms with Crippen molar-refractivity contribution in [3.63, 3.8) is 0 Å². The van der Waals surface area contributed by atoms with Gasteiger partial charge in [-0.3, -0.25) is 9.80 Å². The number of nitrogens with zero attached hydrogens (tertiary/aromatic N) is 2. The first-order chi connectivity index (χ1) is 8.13. The van der Waals surface area contributed by atoms with Crippen molar-refractivity contribution < 1.29 is 0 Å². The van der Waals surface area contributed by atoms with Crippen LogP contribution in [0.1, 0.15) is 61.3 Å². The third-order valence-corrected chi connectivity index (χ3v) is 5.33. The van der Waals surface area contributed by atoms with Crippen molar-refractivity contribution in [1.29, 1.82) is 0 Å². The van der Waals surface area contributed by atoms with E-state index in [4.69, 9.17) is 0 Å². The van der Waals surface area contributed by atoms with E-state index in [0.717, 1.165) is 18.0 Å². The molecule has 0 aromatic rings. The first-order valence-corrected chi connectivity index (χ1v) is 7.66. The topological polar surface area (TPSA) is 6.48 Å². The summed E-state index contributed by atoms with van der Waals surface area (Å²) in [4.78, 5) is 5.34. The van der Waals surface area contributed by atoms with Crippen LogP contribution in [0.15, 0.2) is 0 Å². The van der Waals surface area contributed by atoms with Crippen molar-refractivity contribution in [3.8, 4) is 0 Å². The molecule has 0 amide bonds. The van der Waals surface area contributed by atoms with Crippen molar-refractivity contribution >= 4 is 0 Å². The molecule has 2 heteroatoms. The van der Waals surface area contributed by atoms with Crippen LogP contribution in [0.25, 0.3) is 0 Å². The van der Waals surface area contributed by atoms with E-state index in [9.17, 15) is 0 Å². The summed E-state index contributed by atoms with van der Waals surface area (Å²) in [6, 6.07) is 1.55. The van der Waals surface area contributed by atoms with Crippen molar-refractivity contribution in [2.45, 2.75) is 84.5 Å². The summed E-state index contributed by atoms with van der Waals surface area (Å²) in [5.74, 6) is 0.882. The smallest absolute Gasteiger partial charge is 0.0159 e. The van der Waals surface area contributed by atoms with E-state index in [2.05, 4.69) is 58.3 Å². The Morgan fingerprint density at radius 2 is 1.61 bits per heavy atom. The molecule has 0 aromatic carbocycles. The summed E-state index contributed by atoms with van der Waals surface area (Å²) in [7, 11) is 0. The molecule has 0 radical (unpaired) electrons. The van der Waals surface area contributed by atoms with Crippen molar-refractivity contribution in [3.05, 3.63) is 0 Å². The molecule has 3 atom stereocenters. The van der Waals surface area contributed by atoms with Crippen molar-refractivity contribution in [1.82, 2.24) is 9.80 Å². The fourth-order valence-corrected chi connectivity index (χ4v) is 3.98. The molecule has 2 aliphatic heterocycles. The summed E-state index contributed by atoms with van der Waals surface area (Å²) in [5, 5.41) is 0. The quantitative estimate of drug-likeness (QED) is 0.760. The Morgan fingerprint density at radius 1 is 1.00 bits per heavy atom. The largest absolute Gasteiger partial charge is 0.295 e. The Morgan fingerprint density at radius 3 is 1.94 bits per heavy atom. The molecular formula is C16H32N2. The van der Waals surface area contributed by atoms with Crippen LogP contribution in [0.4, 0.5) is 0 Å². The van der Waals surface area contributed by atoms with E-state index >= 15 is 0 Å². The van der Waals surface area contributed by atoms with E-state index in [-0.39, 0.29) is 0 Å². The summed E-state index contributed by atoms with van der Waals surface area (Å²) in [5.41, 5.74) is 0.727. The van der Waals surface area contributed by atoms with Crippen LogP contribution in [0.3, 0.4) is 0 Å². The molecule has 2 unspecified atom stereocenters. The number of rotatable bonds is 3. The number of hydrogen-bond acceptors (Lipinski definition) is 2. The van der Waals surface area contributed by atoms with Crippen LogP contribution in [-0.2, 0) is 0 Å². The molecule has 2 aliphatic rings. The van der Waals surface area contributed by atoms with Crippen molar-refractivity contribution in [2.24, 2.45) is 5.92 Å². The lowest BCUT2D eigenvalue weighted by atomic mass is 9.75. The second-order valence-corrected chi connectivity index (χ2v) is 8.17. The number of hydrogen-bond donors (Lipinski definition) is 0. The molecule has 0 spiro atoms. The molecule has 0 saturated carbocycles. The van der Waals surface area contributed by atoms with Gasteiger partial charge in [-0.1, -0.05) is 0 Å². The predicted octanol–water partition coefficient (Wildman–Crippen LogP) is 3.37. The van der Waals surface area contributed by atoms with E-state index < -0.39 is 0 Å².